The van der Waals surface area contributed by atoms with Gasteiger partial charge in [-0.05, 0) is 77.1 Å². The lowest BCUT2D eigenvalue weighted by molar-refractivity contribution is 0.102. The first kappa shape index (κ1) is 33.2. The number of allylic oxidation sites excluding steroid dienone is 2. The van der Waals surface area contributed by atoms with E-state index in [0.717, 1.165) is 64.2 Å². The maximum absolute atomic E-state index is 14.8. The summed E-state index contributed by atoms with van der Waals surface area (Å²) < 4.78 is 0. The van der Waals surface area contributed by atoms with Gasteiger partial charge >= 0.3 is 0 Å². The number of hydrogen-bond donors (Lipinski definition) is 2. The third-order valence-electron chi connectivity index (χ3n) is 10.4. The zero-order valence-electron chi connectivity index (χ0n) is 29.0. The summed E-state index contributed by atoms with van der Waals surface area (Å²) in [5.41, 5.74) is 8.13. The number of fused-ring (bicyclic) bond motifs is 2. The highest BCUT2D eigenvalue weighted by Crippen LogP contribution is 2.53. The van der Waals surface area contributed by atoms with Crippen LogP contribution in [0.1, 0.15) is 52.1 Å². The summed E-state index contributed by atoms with van der Waals surface area (Å²) in [5, 5.41) is 5.50. The Morgan fingerprint density at radius 1 is 0.830 bits per heavy atom. The number of amides is 1. The minimum atomic E-state index is -0.255. The molecule has 2 N–H and O–H groups in total. The van der Waals surface area contributed by atoms with Gasteiger partial charge in [0.05, 0.1) is 17.4 Å². The van der Waals surface area contributed by atoms with Crippen LogP contribution in [-0.2, 0) is 0 Å². The number of pyridine rings is 1. The lowest BCUT2D eigenvalue weighted by Gasteiger charge is -2.39. The second-order valence-electron chi connectivity index (χ2n) is 13.7. The molecule has 3 aliphatic heterocycles. The normalized spacial score (nSPS) is 18.3. The zero-order valence-corrected chi connectivity index (χ0v) is 30.5. The Kier molecular flexibility index (Phi) is 8.60. The number of nitrogens with one attached hydrogen (secondary N) is 2. The van der Waals surface area contributed by atoms with Gasteiger partial charge in [-0.1, -0.05) is 78.7 Å². The lowest BCUT2D eigenvalue weighted by Crippen LogP contribution is -2.47. The molecule has 11 heteroatoms. The summed E-state index contributed by atoms with van der Waals surface area (Å²) in [6.07, 6.45) is 10.5. The molecule has 3 aliphatic rings. The Balaban J connectivity index is 1.18. The van der Waals surface area contributed by atoms with Crippen molar-refractivity contribution in [1.29, 1.82) is 0 Å². The van der Waals surface area contributed by atoms with Gasteiger partial charge in [0.25, 0.3) is 5.91 Å². The van der Waals surface area contributed by atoms with Gasteiger partial charge in [0, 0.05) is 77.5 Å². The van der Waals surface area contributed by atoms with Crippen molar-refractivity contribution in [1.82, 2.24) is 24.8 Å². The van der Waals surface area contributed by atoms with E-state index in [1.165, 1.54) is 5.57 Å². The van der Waals surface area contributed by atoms with Crippen LogP contribution in [0.5, 0.6) is 0 Å². The van der Waals surface area contributed by atoms with Crippen LogP contribution in [-0.4, -0.2) is 56.9 Å². The summed E-state index contributed by atoms with van der Waals surface area (Å²) in [7, 11) is 0. The molecule has 0 radical (unpaired) electrons. The Hall–Kier alpha value is -5.64. The standard InChI is InChI=1S/C42H36Cl2N8O/c1-26-8-6-19-52-38(28-12-14-29(43)15-13-28)31-24-30(44)25-33-35(31)36(39(52)34(26)27-9-3-2-4-10-27)37(48-33)41(53)49-32-11-5-16-45-40(32)50-20-22-51(23-21-50)42-46-17-7-18-47-42/h2-7,9-19,24-26,38,48H,8,20-23H2,1H3,(H,49,53). The third kappa shape index (κ3) is 5.99. The van der Waals surface area contributed by atoms with E-state index in [2.05, 4.69) is 90.6 Å². The van der Waals surface area contributed by atoms with Crippen molar-refractivity contribution in [3.05, 3.63) is 154 Å². The number of nitrogens with zero attached hydrogens (tertiary/aromatic N) is 6. The van der Waals surface area contributed by atoms with Crippen molar-refractivity contribution in [2.24, 2.45) is 5.92 Å². The maximum Gasteiger partial charge on any atom is 0.272 e. The fourth-order valence-electron chi connectivity index (χ4n) is 8.05. The van der Waals surface area contributed by atoms with Crippen molar-refractivity contribution < 1.29 is 4.79 Å². The second-order valence-corrected chi connectivity index (χ2v) is 14.5. The first-order valence-corrected chi connectivity index (χ1v) is 18.6. The molecule has 3 aromatic carbocycles. The molecule has 3 aromatic heterocycles. The SMILES string of the molecule is CC1CC=CN2C(=C1c1ccccc1)c1c(C(=O)Nc3cccnc3N3CCN(c4ncccn4)CC3)[nH]c3cc(Cl)cc(c13)C2c1ccc(Cl)cc1. The number of carbonyl (C=O) groups is 1. The smallest absolute Gasteiger partial charge is 0.272 e. The number of carbonyl (C=O) groups excluding carboxylic acids is 1. The van der Waals surface area contributed by atoms with Crippen molar-refractivity contribution in [3.8, 4) is 0 Å². The maximum atomic E-state index is 14.8. The summed E-state index contributed by atoms with van der Waals surface area (Å²) >= 11 is 13.3. The zero-order chi connectivity index (χ0) is 36.1. The first-order valence-electron chi connectivity index (χ1n) is 17.8. The lowest BCUT2D eigenvalue weighted by atomic mass is 9.82. The van der Waals surface area contributed by atoms with Crippen molar-refractivity contribution in [2.45, 2.75) is 19.4 Å². The van der Waals surface area contributed by atoms with Crippen LogP contribution in [0.4, 0.5) is 17.5 Å². The summed E-state index contributed by atoms with van der Waals surface area (Å²) in [4.78, 5) is 38.6. The number of benzene rings is 3. The van der Waals surface area contributed by atoms with Crippen LogP contribution in [0.15, 0.2) is 116 Å². The fourth-order valence-corrected chi connectivity index (χ4v) is 8.40. The average molecular weight is 740 g/mol. The van der Waals surface area contributed by atoms with E-state index in [1.54, 1.807) is 18.6 Å². The van der Waals surface area contributed by atoms with E-state index in [0.29, 0.717) is 40.5 Å². The van der Waals surface area contributed by atoms with Gasteiger partial charge in [-0.15, -0.1) is 0 Å². The number of hydrogen-bond acceptors (Lipinski definition) is 7. The van der Waals surface area contributed by atoms with Crippen molar-refractivity contribution in [3.63, 3.8) is 0 Å². The van der Waals surface area contributed by atoms with Crippen LogP contribution in [0.2, 0.25) is 10.0 Å². The fraction of sp³-hybridized carbons (Fsp3) is 0.190. The van der Waals surface area contributed by atoms with Gasteiger partial charge in [0.1, 0.15) is 5.69 Å². The third-order valence-corrected chi connectivity index (χ3v) is 10.9. The largest absolute Gasteiger partial charge is 0.351 e. The molecule has 53 heavy (non-hydrogen) atoms. The molecule has 1 saturated heterocycles. The Bertz CT molecular complexity index is 2390. The molecule has 0 saturated carbocycles. The van der Waals surface area contributed by atoms with Gasteiger partial charge in [-0.25, -0.2) is 15.0 Å². The Labute approximate surface area is 317 Å². The van der Waals surface area contributed by atoms with Crippen LogP contribution in [0, 0.1) is 5.92 Å². The predicted molar refractivity (Wildman–Crippen MR) is 213 cm³/mol. The quantitative estimate of drug-likeness (QED) is 0.176. The van der Waals surface area contributed by atoms with Gasteiger partial charge in [0.2, 0.25) is 5.95 Å². The van der Waals surface area contributed by atoms with Crippen LogP contribution < -0.4 is 15.1 Å². The van der Waals surface area contributed by atoms with E-state index in [4.69, 9.17) is 28.2 Å². The average Bonchev–Trinajstić information content (AvgIpc) is 3.48. The molecule has 0 spiro atoms. The number of anilines is 3. The van der Waals surface area contributed by atoms with Crippen LogP contribution in [0.25, 0.3) is 22.2 Å². The first-order chi connectivity index (χ1) is 25.9. The molecule has 6 aromatic rings. The molecule has 6 heterocycles. The number of aromatic amines is 1. The van der Waals surface area contributed by atoms with Crippen LogP contribution >= 0.6 is 23.2 Å². The van der Waals surface area contributed by atoms with Crippen molar-refractivity contribution in [2.75, 3.05) is 41.3 Å². The molecule has 2 unspecified atom stereocenters. The molecule has 9 rings (SSSR count). The highest BCUT2D eigenvalue weighted by atomic mass is 35.5. The number of piperazine rings is 1. The van der Waals surface area contributed by atoms with E-state index < -0.39 is 0 Å². The van der Waals surface area contributed by atoms with E-state index in [1.807, 2.05) is 48.5 Å². The minimum Gasteiger partial charge on any atom is -0.351 e. The second kappa shape index (κ2) is 13.7. The summed E-state index contributed by atoms with van der Waals surface area (Å²) in [5.74, 6) is 1.35. The van der Waals surface area contributed by atoms with Crippen LogP contribution in [0.3, 0.4) is 0 Å². The highest BCUT2D eigenvalue weighted by molar-refractivity contribution is 6.32. The predicted octanol–water partition coefficient (Wildman–Crippen LogP) is 9.07. The summed E-state index contributed by atoms with van der Waals surface area (Å²) in [6.45, 7) is 5.13. The number of aromatic nitrogens is 4. The summed E-state index contributed by atoms with van der Waals surface area (Å²) in [6, 6.07) is 27.8. The molecule has 264 valence electrons. The minimum absolute atomic E-state index is 0.166. The molecule has 0 bridgehead atoms. The molecular weight excluding hydrogens is 703 g/mol. The number of H-pyrrole nitrogens is 1. The van der Waals surface area contributed by atoms with Gasteiger partial charge in [-0.3, -0.25) is 4.79 Å². The molecular formula is C42H36Cl2N8O. The molecule has 1 amide bonds. The molecule has 9 nitrogen and oxygen atoms in total. The van der Waals surface area contributed by atoms with E-state index in [9.17, 15) is 4.79 Å². The monoisotopic (exact) mass is 738 g/mol. The van der Waals surface area contributed by atoms with E-state index in [-0.39, 0.29) is 17.9 Å². The van der Waals surface area contributed by atoms with E-state index >= 15 is 0 Å². The molecule has 0 aliphatic carbocycles. The van der Waals surface area contributed by atoms with Gasteiger partial charge < -0.3 is 25.0 Å². The topological polar surface area (TPSA) is 93.3 Å². The van der Waals surface area contributed by atoms with Gasteiger partial charge in [-0.2, -0.15) is 0 Å². The Morgan fingerprint density at radius 3 is 2.34 bits per heavy atom. The van der Waals surface area contributed by atoms with Gasteiger partial charge in [0.15, 0.2) is 5.82 Å². The number of halogens is 2. The van der Waals surface area contributed by atoms with Crippen molar-refractivity contribution >= 4 is 68.7 Å². The number of rotatable bonds is 6. The molecule has 2 atom stereocenters. The Morgan fingerprint density at radius 2 is 1.57 bits per heavy atom. The highest BCUT2D eigenvalue weighted by Gasteiger charge is 2.40. The molecule has 1 fully saturated rings.